The van der Waals surface area contributed by atoms with Gasteiger partial charge in [0.2, 0.25) is 0 Å². The normalized spacial score (nSPS) is 11.9. The lowest BCUT2D eigenvalue weighted by Crippen LogP contribution is -2.08. The Balaban J connectivity index is 0.000000375. The van der Waals surface area contributed by atoms with E-state index in [9.17, 15) is 21.6 Å². The standard InChI is InChI=1S/C21H25ClF3N3O.C4H4O3S2/c1-2-3-4-5-6-7-8-10-26-19-18(22)28-13-16(15-9-11-29-14-15)12-17(20(28)27-19)21(23,24)25;5-9(6,7)4-2-1-3-8-4/h9,11-14,26H,2-8,10H2,1H3;1-3H,(H,5,6,7). The fraction of sp³-hybridized carbons (Fsp3) is 0.400. The highest BCUT2D eigenvalue weighted by Gasteiger charge is 2.35. The molecule has 7 nitrogen and oxygen atoms in total. The number of nitrogens with zero attached hydrogens (tertiary/aromatic N) is 2. The van der Waals surface area contributed by atoms with Gasteiger partial charge in [0.15, 0.2) is 16.6 Å². The Labute approximate surface area is 228 Å². The molecule has 0 unspecified atom stereocenters. The summed E-state index contributed by atoms with van der Waals surface area (Å²) in [4.78, 5) is 4.14. The van der Waals surface area contributed by atoms with E-state index >= 15 is 0 Å². The van der Waals surface area contributed by atoms with Gasteiger partial charge < -0.3 is 9.73 Å². The topological polar surface area (TPSA) is 96.8 Å². The molecule has 0 saturated heterocycles. The molecule has 0 saturated carbocycles. The largest absolute Gasteiger partial charge is 0.472 e. The van der Waals surface area contributed by atoms with Crippen molar-refractivity contribution in [3.63, 3.8) is 0 Å². The molecule has 0 aliphatic heterocycles. The van der Waals surface area contributed by atoms with Crippen LogP contribution in [-0.2, 0) is 16.3 Å². The molecule has 4 rings (SSSR count). The van der Waals surface area contributed by atoms with Crippen molar-refractivity contribution in [1.29, 1.82) is 0 Å². The molecule has 0 aliphatic rings. The monoisotopic (exact) mass is 591 g/mol. The van der Waals surface area contributed by atoms with Gasteiger partial charge in [-0.3, -0.25) is 8.95 Å². The van der Waals surface area contributed by atoms with E-state index in [2.05, 4.69) is 17.2 Å². The Morgan fingerprint density at radius 1 is 1.13 bits per heavy atom. The Morgan fingerprint density at radius 2 is 1.84 bits per heavy atom. The number of pyridine rings is 1. The second-order valence-electron chi connectivity index (χ2n) is 8.55. The third-order valence-corrected chi connectivity index (χ3v) is 8.23. The summed E-state index contributed by atoms with van der Waals surface area (Å²) < 4.78 is 76.0. The lowest BCUT2D eigenvalue weighted by atomic mass is 10.1. The van der Waals surface area contributed by atoms with Crippen LogP contribution in [0.1, 0.15) is 57.4 Å². The van der Waals surface area contributed by atoms with Crippen molar-refractivity contribution in [1.82, 2.24) is 9.38 Å². The van der Waals surface area contributed by atoms with E-state index in [1.54, 1.807) is 23.7 Å². The number of rotatable bonds is 11. The van der Waals surface area contributed by atoms with Gasteiger partial charge in [-0.1, -0.05) is 63.1 Å². The number of anilines is 1. The molecule has 4 heterocycles. The number of unbranched alkanes of at least 4 members (excludes halogenated alkanes) is 6. The van der Waals surface area contributed by atoms with Crippen LogP contribution in [0.2, 0.25) is 5.15 Å². The zero-order valence-corrected chi connectivity index (χ0v) is 23.1. The van der Waals surface area contributed by atoms with Crippen molar-refractivity contribution in [2.45, 2.75) is 62.3 Å². The minimum absolute atomic E-state index is 0.0116. The van der Waals surface area contributed by atoms with E-state index in [4.69, 9.17) is 20.6 Å². The average Bonchev–Trinajstić information content (AvgIpc) is 3.62. The Morgan fingerprint density at radius 3 is 2.39 bits per heavy atom. The number of nitrogens with one attached hydrogen (secondary N) is 1. The van der Waals surface area contributed by atoms with Gasteiger partial charge in [-0.25, -0.2) is 4.98 Å². The average molecular weight is 592 g/mol. The summed E-state index contributed by atoms with van der Waals surface area (Å²) in [5, 5.41) is 4.81. The fourth-order valence-electron chi connectivity index (χ4n) is 3.72. The molecule has 38 heavy (non-hydrogen) atoms. The number of hydrogen-bond donors (Lipinski definition) is 2. The smallest absolute Gasteiger partial charge is 0.420 e. The molecule has 4 aromatic rings. The zero-order chi connectivity index (χ0) is 27.8. The van der Waals surface area contributed by atoms with E-state index in [1.165, 1.54) is 48.7 Å². The van der Waals surface area contributed by atoms with Crippen LogP contribution in [0.25, 0.3) is 16.8 Å². The molecule has 0 radical (unpaired) electrons. The van der Waals surface area contributed by atoms with Gasteiger partial charge in [0.1, 0.15) is 4.21 Å². The number of imidazole rings is 1. The summed E-state index contributed by atoms with van der Waals surface area (Å²) in [6, 6.07) is 5.59. The van der Waals surface area contributed by atoms with Crippen LogP contribution in [0.4, 0.5) is 19.0 Å². The predicted octanol–water partition coefficient (Wildman–Crippen LogP) is 8.42. The van der Waals surface area contributed by atoms with Crippen LogP contribution >= 0.6 is 22.9 Å². The molecule has 208 valence electrons. The minimum Gasteiger partial charge on any atom is -0.472 e. The van der Waals surface area contributed by atoms with Crippen LogP contribution in [0, 0.1) is 0 Å². The van der Waals surface area contributed by atoms with Gasteiger partial charge in [-0.15, -0.1) is 11.3 Å². The highest BCUT2D eigenvalue weighted by molar-refractivity contribution is 7.88. The van der Waals surface area contributed by atoms with E-state index in [0.717, 1.165) is 36.7 Å². The molecule has 0 atom stereocenters. The Bertz CT molecular complexity index is 1390. The van der Waals surface area contributed by atoms with Gasteiger partial charge in [-0.05, 0) is 30.0 Å². The summed E-state index contributed by atoms with van der Waals surface area (Å²) in [5.74, 6) is 0.271. The lowest BCUT2D eigenvalue weighted by Gasteiger charge is -2.10. The molecule has 2 N–H and O–H groups in total. The van der Waals surface area contributed by atoms with E-state index < -0.39 is 21.9 Å². The van der Waals surface area contributed by atoms with Crippen LogP contribution in [0.5, 0.6) is 0 Å². The van der Waals surface area contributed by atoms with Crippen molar-refractivity contribution in [3.8, 4) is 11.1 Å². The number of thiophene rings is 1. The second-order valence-corrected chi connectivity index (χ2v) is 11.5. The van der Waals surface area contributed by atoms with E-state index in [-0.39, 0.29) is 20.8 Å². The summed E-state index contributed by atoms with van der Waals surface area (Å²) in [6.07, 6.45) is 7.90. The molecular formula is C25H29ClF3N3O4S2. The third-order valence-electron chi connectivity index (χ3n) is 5.64. The quantitative estimate of drug-likeness (QED) is 0.134. The summed E-state index contributed by atoms with van der Waals surface area (Å²) >= 11 is 7.35. The number of fused-ring (bicyclic) bond motifs is 1. The molecule has 4 aromatic heterocycles. The predicted molar refractivity (Wildman–Crippen MR) is 144 cm³/mol. The first-order valence-corrected chi connectivity index (χ1v) is 14.8. The lowest BCUT2D eigenvalue weighted by molar-refractivity contribution is -0.136. The first kappa shape index (κ1) is 30.0. The first-order valence-electron chi connectivity index (χ1n) is 12.1. The van der Waals surface area contributed by atoms with Crippen molar-refractivity contribution in [2.75, 3.05) is 11.9 Å². The molecule has 0 spiro atoms. The molecule has 0 aliphatic carbocycles. The van der Waals surface area contributed by atoms with Gasteiger partial charge in [0.25, 0.3) is 0 Å². The third kappa shape index (κ3) is 8.23. The van der Waals surface area contributed by atoms with Crippen LogP contribution < -0.4 is 5.32 Å². The first-order chi connectivity index (χ1) is 18.0. The molecule has 0 aromatic carbocycles. The van der Waals surface area contributed by atoms with Crippen LogP contribution in [-0.4, -0.2) is 28.9 Å². The molecular weight excluding hydrogens is 563 g/mol. The van der Waals surface area contributed by atoms with Gasteiger partial charge in [-0.2, -0.15) is 21.6 Å². The highest BCUT2D eigenvalue weighted by atomic mass is 35.5. The number of alkyl halides is 3. The summed E-state index contributed by atoms with van der Waals surface area (Å²) in [7, 11) is -3.94. The van der Waals surface area contributed by atoms with Crippen molar-refractivity contribution < 1.29 is 30.6 Å². The molecule has 0 amide bonds. The highest BCUT2D eigenvalue weighted by Crippen LogP contribution is 2.38. The molecule has 13 heteroatoms. The van der Waals surface area contributed by atoms with Gasteiger partial charge in [0, 0.05) is 23.9 Å². The summed E-state index contributed by atoms with van der Waals surface area (Å²) in [6.45, 7) is 2.80. The number of hydrogen-bond acceptors (Lipinski definition) is 6. The van der Waals surface area contributed by atoms with Crippen LogP contribution in [0.3, 0.4) is 0 Å². The second kappa shape index (κ2) is 13.5. The molecule has 0 fully saturated rings. The van der Waals surface area contributed by atoms with E-state index in [0.29, 0.717) is 17.7 Å². The fourth-order valence-corrected chi connectivity index (χ4v) is 5.31. The minimum atomic E-state index is -4.55. The van der Waals surface area contributed by atoms with Gasteiger partial charge >= 0.3 is 16.3 Å². The summed E-state index contributed by atoms with van der Waals surface area (Å²) in [5.41, 5.74) is -0.143. The number of furan rings is 1. The maximum atomic E-state index is 13.6. The van der Waals surface area contributed by atoms with Crippen molar-refractivity contribution >= 4 is 44.5 Å². The molecule has 0 bridgehead atoms. The van der Waals surface area contributed by atoms with Gasteiger partial charge in [0.05, 0.1) is 18.1 Å². The SMILES string of the molecule is CCCCCCCCCNc1nc2c(C(F)(F)F)cc(-c3ccoc3)cn2c1Cl.O=S(=O)(O)c1cccs1. The van der Waals surface area contributed by atoms with Crippen molar-refractivity contribution in [3.05, 3.63) is 59.1 Å². The van der Waals surface area contributed by atoms with E-state index in [1.807, 2.05) is 0 Å². The zero-order valence-electron chi connectivity index (χ0n) is 20.7. The Hall–Kier alpha value is -2.54. The number of aromatic nitrogens is 2. The number of halogens is 4. The Kier molecular flexibility index (Phi) is 10.7. The maximum absolute atomic E-state index is 13.6. The van der Waals surface area contributed by atoms with Crippen LogP contribution in [0.15, 0.2) is 57.0 Å². The maximum Gasteiger partial charge on any atom is 0.420 e. The van der Waals surface area contributed by atoms with Crippen molar-refractivity contribution in [2.24, 2.45) is 0 Å².